The molecule has 3 rings (SSSR count). The van der Waals surface area contributed by atoms with Gasteiger partial charge in [0.05, 0.1) is 20.6 Å². The minimum absolute atomic E-state index is 0.0341. The predicted octanol–water partition coefficient (Wildman–Crippen LogP) is 4.98. The molecule has 2 aromatic carbocycles. The Morgan fingerprint density at radius 1 is 1.14 bits per heavy atom. The number of para-hydroxylation sites is 1. The zero-order valence-electron chi connectivity index (χ0n) is 17.5. The summed E-state index contributed by atoms with van der Waals surface area (Å²) in [5.41, 5.74) is 1.33. The fourth-order valence-electron chi connectivity index (χ4n) is 3.31. The first-order valence-corrected chi connectivity index (χ1v) is 11.1. The highest BCUT2D eigenvalue weighted by Gasteiger charge is 2.36. The Kier molecular flexibility index (Phi) is 7.40. The second kappa shape index (κ2) is 9.99. The van der Waals surface area contributed by atoms with Crippen LogP contribution in [0.3, 0.4) is 0 Å². The molecule has 154 valence electrons. The Bertz CT molecular complexity index is 890. The fraction of sp³-hybridized carbons (Fsp3) is 0.417. The molecule has 1 unspecified atom stereocenters. The van der Waals surface area contributed by atoms with E-state index in [-0.39, 0.29) is 5.91 Å². The topological polar surface area (TPSA) is 51.2 Å². The third-order valence-corrected chi connectivity index (χ3v) is 5.99. The normalized spacial score (nSPS) is 13.5. The van der Waals surface area contributed by atoms with Gasteiger partial charge in [-0.25, -0.2) is 4.98 Å². The number of hydrogen-bond donors (Lipinski definition) is 1. The van der Waals surface area contributed by atoms with Crippen molar-refractivity contribution in [1.82, 2.24) is 10.3 Å². The predicted molar refractivity (Wildman–Crippen MR) is 120 cm³/mol. The number of fused-ring (bicyclic) bond motifs is 1. The molecular formula is C24H30N2O2S. The molecule has 0 aliphatic carbocycles. The summed E-state index contributed by atoms with van der Waals surface area (Å²) < 4.78 is 6.77. The number of benzene rings is 2. The molecule has 0 aliphatic rings. The molecule has 1 atom stereocenters. The van der Waals surface area contributed by atoms with E-state index < -0.39 is 5.41 Å². The van der Waals surface area contributed by atoms with E-state index in [0.717, 1.165) is 33.8 Å². The number of nitrogens with one attached hydrogen (secondary N) is 1. The van der Waals surface area contributed by atoms with E-state index >= 15 is 0 Å². The van der Waals surface area contributed by atoms with Gasteiger partial charge in [-0.05, 0) is 37.0 Å². The Balaban J connectivity index is 1.71. The first-order valence-electron chi connectivity index (χ1n) is 10.2. The molecule has 0 saturated heterocycles. The van der Waals surface area contributed by atoms with Crippen LogP contribution in [0.2, 0.25) is 0 Å². The summed E-state index contributed by atoms with van der Waals surface area (Å²) in [5.74, 6) is 0.562. The number of nitrogens with zero attached hydrogens (tertiary/aromatic N) is 1. The molecule has 1 amide bonds. The summed E-state index contributed by atoms with van der Waals surface area (Å²) in [5, 5.41) is 4.10. The lowest BCUT2D eigenvalue weighted by Crippen LogP contribution is -2.44. The Hall–Kier alpha value is -2.24. The molecule has 3 aromatic rings. The van der Waals surface area contributed by atoms with Gasteiger partial charge in [-0.15, -0.1) is 11.3 Å². The van der Waals surface area contributed by atoms with Crippen molar-refractivity contribution in [1.29, 1.82) is 0 Å². The summed E-state index contributed by atoms with van der Waals surface area (Å²) in [6.45, 7) is 8.31. The molecular weight excluding hydrogens is 380 g/mol. The maximum Gasteiger partial charge on any atom is 0.230 e. The lowest BCUT2D eigenvalue weighted by Gasteiger charge is -2.28. The lowest BCUT2D eigenvalue weighted by atomic mass is 9.78. The molecule has 0 spiro atoms. The van der Waals surface area contributed by atoms with Gasteiger partial charge in [0.25, 0.3) is 0 Å². The molecule has 0 aliphatic heterocycles. The molecule has 0 radical (unpaired) electrons. The van der Waals surface area contributed by atoms with Gasteiger partial charge in [0.2, 0.25) is 5.91 Å². The van der Waals surface area contributed by atoms with Crippen molar-refractivity contribution >= 4 is 27.5 Å². The van der Waals surface area contributed by atoms with Crippen molar-refractivity contribution < 1.29 is 9.53 Å². The van der Waals surface area contributed by atoms with Crippen LogP contribution in [0.15, 0.2) is 54.6 Å². The Morgan fingerprint density at radius 3 is 2.59 bits per heavy atom. The first-order chi connectivity index (χ1) is 14.0. The molecule has 0 fully saturated rings. The fourth-order valence-corrected chi connectivity index (χ4v) is 4.43. The number of carbonyl (C=O) groups excluding carboxylic acids is 1. The van der Waals surface area contributed by atoms with Gasteiger partial charge in [-0.2, -0.15) is 0 Å². The third-order valence-electron chi connectivity index (χ3n) is 4.96. The Labute approximate surface area is 177 Å². The summed E-state index contributed by atoms with van der Waals surface area (Å²) in [7, 11) is 0. The van der Waals surface area contributed by atoms with E-state index in [1.54, 1.807) is 11.3 Å². The van der Waals surface area contributed by atoms with Crippen molar-refractivity contribution in [3.63, 3.8) is 0 Å². The SMILES string of the molecule is CC(C)COCCCNC(=O)C(C)(Cc1nc2ccccc2s1)c1ccccc1. The lowest BCUT2D eigenvalue weighted by molar-refractivity contribution is -0.126. The van der Waals surface area contributed by atoms with Crippen molar-refractivity contribution in [3.8, 4) is 0 Å². The number of aromatic nitrogens is 1. The van der Waals surface area contributed by atoms with Crippen LogP contribution in [-0.4, -0.2) is 30.6 Å². The van der Waals surface area contributed by atoms with Crippen LogP contribution in [0.1, 0.15) is 37.8 Å². The van der Waals surface area contributed by atoms with Crippen molar-refractivity contribution in [3.05, 3.63) is 65.2 Å². The van der Waals surface area contributed by atoms with E-state index in [9.17, 15) is 4.79 Å². The highest BCUT2D eigenvalue weighted by atomic mass is 32.1. The van der Waals surface area contributed by atoms with E-state index in [4.69, 9.17) is 9.72 Å². The Morgan fingerprint density at radius 2 is 1.86 bits per heavy atom. The zero-order valence-corrected chi connectivity index (χ0v) is 18.3. The molecule has 5 heteroatoms. The minimum Gasteiger partial charge on any atom is -0.381 e. The number of amides is 1. The summed E-state index contributed by atoms with van der Waals surface area (Å²) in [6.07, 6.45) is 1.39. The first kappa shape index (κ1) is 21.5. The molecule has 29 heavy (non-hydrogen) atoms. The van der Waals surface area contributed by atoms with Crippen LogP contribution in [0.25, 0.3) is 10.2 Å². The number of thiazole rings is 1. The minimum atomic E-state index is -0.673. The van der Waals surface area contributed by atoms with Gasteiger partial charge in [0, 0.05) is 26.2 Å². The maximum atomic E-state index is 13.3. The second-order valence-electron chi connectivity index (χ2n) is 8.03. The number of ether oxygens (including phenoxy) is 1. The van der Waals surface area contributed by atoms with Gasteiger partial charge >= 0.3 is 0 Å². The van der Waals surface area contributed by atoms with Crippen LogP contribution in [0.5, 0.6) is 0 Å². The molecule has 0 saturated carbocycles. The maximum absolute atomic E-state index is 13.3. The number of rotatable bonds is 10. The third kappa shape index (κ3) is 5.64. The van der Waals surface area contributed by atoms with Gasteiger partial charge in [-0.3, -0.25) is 4.79 Å². The smallest absolute Gasteiger partial charge is 0.230 e. The largest absolute Gasteiger partial charge is 0.381 e. The average molecular weight is 411 g/mol. The second-order valence-corrected chi connectivity index (χ2v) is 9.14. The van der Waals surface area contributed by atoms with E-state index in [0.29, 0.717) is 25.5 Å². The summed E-state index contributed by atoms with van der Waals surface area (Å²) in [4.78, 5) is 18.0. The standard InChI is InChI=1S/C24H30N2O2S/c1-18(2)17-28-15-9-14-25-23(27)24(3,19-10-5-4-6-11-19)16-22-26-20-12-7-8-13-21(20)29-22/h4-8,10-13,18H,9,14-17H2,1-3H3,(H,25,27). The van der Waals surface area contributed by atoms with E-state index in [1.807, 2.05) is 55.5 Å². The van der Waals surface area contributed by atoms with Gasteiger partial charge < -0.3 is 10.1 Å². The van der Waals surface area contributed by atoms with Crippen LogP contribution >= 0.6 is 11.3 Å². The molecule has 1 N–H and O–H groups in total. The average Bonchev–Trinajstić information content (AvgIpc) is 3.12. The molecule has 0 bridgehead atoms. The summed E-state index contributed by atoms with van der Waals surface area (Å²) in [6, 6.07) is 18.1. The van der Waals surface area contributed by atoms with Gasteiger partial charge in [0.1, 0.15) is 0 Å². The van der Waals surface area contributed by atoms with Crippen LogP contribution < -0.4 is 5.32 Å². The highest BCUT2D eigenvalue weighted by Crippen LogP contribution is 2.32. The van der Waals surface area contributed by atoms with E-state index in [2.05, 4.69) is 25.2 Å². The number of carbonyl (C=O) groups is 1. The van der Waals surface area contributed by atoms with Crippen molar-refractivity contribution in [2.45, 2.75) is 39.0 Å². The van der Waals surface area contributed by atoms with Crippen LogP contribution in [0, 0.1) is 5.92 Å². The van der Waals surface area contributed by atoms with Crippen LogP contribution in [-0.2, 0) is 21.4 Å². The van der Waals surface area contributed by atoms with Crippen molar-refractivity contribution in [2.24, 2.45) is 5.92 Å². The highest BCUT2D eigenvalue weighted by molar-refractivity contribution is 7.18. The molecule has 4 nitrogen and oxygen atoms in total. The van der Waals surface area contributed by atoms with Gasteiger partial charge in [0.15, 0.2) is 0 Å². The zero-order chi connectivity index (χ0) is 20.7. The number of hydrogen-bond acceptors (Lipinski definition) is 4. The van der Waals surface area contributed by atoms with Crippen LogP contribution in [0.4, 0.5) is 0 Å². The molecule has 1 aromatic heterocycles. The summed E-state index contributed by atoms with van der Waals surface area (Å²) >= 11 is 1.66. The van der Waals surface area contributed by atoms with E-state index in [1.165, 1.54) is 0 Å². The van der Waals surface area contributed by atoms with Crippen molar-refractivity contribution in [2.75, 3.05) is 19.8 Å². The van der Waals surface area contributed by atoms with Gasteiger partial charge in [-0.1, -0.05) is 56.3 Å². The molecule has 1 heterocycles. The quantitative estimate of drug-likeness (QED) is 0.480. The monoisotopic (exact) mass is 410 g/mol.